The average Bonchev–Trinajstić information content (AvgIpc) is 2.64. The minimum absolute atomic E-state index is 0.369. The third kappa shape index (κ3) is 5.50. The Morgan fingerprint density at radius 3 is 2.59 bits per heavy atom. The molecule has 0 amide bonds. The molecule has 0 unspecified atom stereocenters. The van der Waals surface area contributed by atoms with Crippen LogP contribution >= 0.6 is 27.3 Å². The van der Waals surface area contributed by atoms with Crippen molar-refractivity contribution in [3.8, 4) is 0 Å². The molecule has 17 heavy (non-hydrogen) atoms. The molecular formula is C11H18BrNO2S2. The first-order chi connectivity index (χ1) is 7.92. The molecule has 3 nitrogen and oxygen atoms in total. The molecule has 0 aliphatic rings. The molecular weight excluding hydrogens is 322 g/mol. The van der Waals surface area contributed by atoms with E-state index >= 15 is 0 Å². The predicted molar refractivity (Wildman–Crippen MR) is 75.9 cm³/mol. The molecule has 1 rings (SSSR count). The van der Waals surface area contributed by atoms with Crippen LogP contribution in [0.25, 0.3) is 0 Å². The summed E-state index contributed by atoms with van der Waals surface area (Å²) in [6.45, 7) is 4.87. The van der Waals surface area contributed by atoms with E-state index < -0.39 is 10.0 Å². The second-order valence-electron chi connectivity index (χ2n) is 4.35. The van der Waals surface area contributed by atoms with E-state index in [4.69, 9.17) is 0 Å². The van der Waals surface area contributed by atoms with E-state index in [1.165, 1.54) is 11.3 Å². The predicted octanol–water partition coefficient (Wildman–Crippen LogP) is 3.62. The highest BCUT2D eigenvalue weighted by Gasteiger charge is 2.15. The topological polar surface area (TPSA) is 46.2 Å². The van der Waals surface area contributed by atoms with Crippen LogP contribution in [0.15, 0.2) is 20.1 Å². The summed E-state index contributed by atoms with van der Waals surface area (Å²) in [6.07, 6.45) is 3.10. The van der Waals surface area contributed by atoms with Crippen LogP contribution in [0.1, 0.15) is 33.1 Å². The smallest absolute Gasteiger partial charge is 0.210 e. The van der Waals surface area contributed by atoms with Crippen molar-refractivity contribution in [2.24, 2.45) is 5.92 Å². The first-order valence-electron chi connectivity index (χ1n) is 5.67. The van der Waals surface area contributed by atoms with E-state index in [-0.39, 0.29) is 0 Å². The van der Waals surface area contributed by atoms with Crippen LogP contribution in [0.5, 0.6) is 0 Å². The van der Waals surface area contributed by atoms with Gasteiger partial charge in [0, 0.05) is 6.54 Å². The Kier molecular flexibility index (Phi) is 6.12. The first kappa shape index (κ1) is 15.1. The molecule has 0 saturated carbocycles. The normalized spacial score (nSPS) is 12.2. The van der Waals surface area contributed by atoms with Gasteiger partial charge in [0.25, 0.3) is 0 Å². The number of hydrogen-bond acceptors (Lipinski definition) is 3. The zero-order chi connectivity index (χ0) is 12.9. The lowest BCUT2D eigenvalue weighted by molar-refractivity contribution is 0.531. The van der Waals surface area contributed by atoms with Crippen molar-refractivity contribution in [3.63, 3.8) is 0 Å². The van der Waals surface area contributed by atoms with Crippen LogP contribution in [0, 0.1) is 5.92 Å². The standard InChI is InChI=1S/C11H18BrNO2S2/c1-9(2)5-3-4-8-13-17(14,15)11-7-6-10(12)16-11/h6-7,9,13H,3-5,8H2,1-2H3. The lowest BCUT2D eigenvalue weighted by Gasteiger charge is -2.06. The summed E-state index contributed by atoms with van der Waals surface area (Å²) in [7, 11) is -3.30. The molecule has 1 aromatic heterocycles. The van der Waals surface area contributed by atoms with Crippen LogP contribution < -0.4 is 4.72 Å². The number of nitrogens with one attached hydrogen (secondary N) is 1. The van der Waals surface area contributed by atoms with E-state index in [0.29, 0.717) is 16.7 Å². The maximum Gasteiger partial charge on any atom is 0.250 e. The molecule has 1 aromatic rings. The molecule has 0 saturated heterocycles. The van der Waals surface area contributed by atoms with Crippen molar-refractivity contribution in [1.29, 1.82) is 0 Å². The van der Waals surface area contributed by atoms with Crippen molar-refractivity contribution in [2.45, 2.75) is 37.3 Å². The van der Waals surface area contributed by atoms with Gasteiger partial charge in [0.1, 0.15) is 4.21 Å². The average molecular weight is 340 g/mol. The Labute approximate surface area is 116 Å². The Morgan fingerprint density at radius 2 is 2.06 bits per heavy atom. The van der Waals surface area contributed by atoms with E-state index in [1.807, 2.05) is 0 Å². The molecule has 6 heteroatoms. The minimum atomic E-state index is -3.30. The van der Waals surface area contributed by atoms with Crippen LogP contribution in [-0.2, 0) is 10.0 Å². The minimum Gasteiger partial charge on any atom is -0.210 e. The van der Waals surface area contributed by atoms with Crippen molar-refractivity contribution < 1.29 is 8.42 Å². The second kappa shape index (κ2) is 6.87. The second-order valence-corrected chi connectivity index (χ2v) is 8.80. The quantitative estimate of drug-likeness (QED) is 0.771. The highest BCUT2D eigenvalue weighted by Crippen LogP contribution is 2.25. The zero-order valence-electron chi connectivity index (χ0n) is 10.1. The summed E-state index contributed by atoms with van der Waals surface area (Å²) < 4.78 is 27.5. The first-order valence-corrected chi connectivity index (χ1v) is 8.76. The van der Waals surface area contributed by atoms with Crippen molar-refractivity contribution in [3.05, 3.63) is 15.9 Å². The van der Waals surface area contributed by atoms with E-state index in [2.05, 4.69) is 34.5 Å². The number of halogens is 1. The Balaban J connectivity index is 2.36. The van der Waals surface area contributed by atoms with Crippen LogP contribution in [0.3, 0.4) is 0 Å². The van der Waals surface area contributed by atoms with Gasteiger partial charge in [-0.3, -0.25) is 0 Å². The summed E-state index contributed by atoms with van der Waals surface area (Å²) >= 11 is 4.49. The number of unbranched alkanes of at least 4 members (excludes halogenated alkanes) is 1. The van der Waals surface area contributed by atoms with Gasteiger partial charge in [-0.1, -0.05) is 26.7 Å². The van der Waals surface area contributed by atoms with Gasteiger partial charge >= 0.3 is 0 Å². The van der Waals surface area contributed by atoms with Gasteiger partial charge < -0.3 is 0 Å². The fourth-order valence-corrected chi connectivity index (χ4v) is 4.53. The van der Waals surface area contributed by atoms with Crippen LogP contribution in [0.4, 0.5) is 0 Å². The molecule has 98 valence electrons. The molecule has 0 aromatic carbocycles. The van der Waals surface area contributed by atoms with Gasteiger partial charge in [0.05, 0.1) is 3.79 Å². The van der Waals surface area contributed by atoms with Gasteiger partial charge in [0.2, 0.25) is 10.0 Å². The third-order valence-corrected chi connectivity index (χ3v) is 5.89. The largest absolute Gasteiger partial charge is 0.250 e. The van der Waals surface area contributed by atoms with Crippen molar-refractivity contribution in [1.82, 2.24) is 4.72 Å². The van der Waals surface area contributed by atoms with Gasteiger partial charge in [-0.25, -0.2) is 13.1 Å². The summed E-state index contributed by atoms with van der Waals surface area (Å²) in [5.74, 6) is 0.680. The van der Waals surface area contributed by atoms with Gasteiger partial charge in [-0.05, 0) is 40.4 Å². The number of hydrogen-bond donors (Lipinski definition) is 1. The fraction of sp³-hybridized carbons (Fsp3) is 0.636. The molecule has 0 spiro atoms. The molecule has 0 radical (unpaired) electrons. The number of thiophene rings is 1. The third-order valence-electron chi connectivity index (χ3n) is 2.31. The number of sulfonamides is 1. The molecule has 0 aliphatic heterocycles. The SMILES string of the molecule is CC(C)CCCCNS(=O)(=O)c1ccc(Br)s1. The molecule has 1 heterocycles. The summed E-state index contributed by atoms with van der Waals surface area (Å²) in [4.78, 5) is 0. The molecule has 0 fully saturated rings. The van der Waals surface area contributed by atoms with Crippen LogP contribution in [0.2, 0.25) is 0 Å². The molecule has 0 aliphatic carbocycles. The maximum absolute atomic E-state index is 11.8. The van der Waals surface area contributed by atoms with Crippen molar-refractivity contribution in [2.75, 3.05) is 6.54 Å². The zero-order valence-corrected chi connectivity index (χ0v) is 13.3. The molecule has 0 atom stereocenters. The number of rotatable bonds is 7. The Bertz CT molecular complexity index is 440. The van der Waals surface area contributed by atoms with E-state index in [9.17, 15) is 8.42 Å². The highest BCUT2D eigenvalue weighted by atomic mass is 79.9. The van der Waals surface area contributed by atoms with Crippen LogP contribution in [-0.4, -0.2) is 15.0 Å². The van der Waals surface area contributed by atoms with E-state index in [0.717, 1.165) is 23.0 Å². The Hall–Kier alpha value is 0.0900. The summed E-state index contributed by atoms with van der Waals surface area (Å²) in [6, 6.07) is 3.36. The summed E-state index contributed by atoms with van der Waals surface area (Å²) in [5.41, 5.74) is 0. The monoisotopic (exact) mass is 339 g/mol. The molecule has 1 N–H and O–H groups in total. The fourth-order valence-electron chi connectivity index (χ4n) is 1.40. The Morgan fingerprint density at radius 1 is 1.35 bits per heavy atom. The lowest BCUT2D eigenvalue weighted by atomic mass is 10.1. The van der Waals surface area contributed by atoms with Gasteiger partial charge in [-0.15, -0.1) is 11.3 Å². The lowest BCUT2D eigenvalue weighted by Crippen LogP contribution is -2.24. The van der Waals surface area contributed by atoms with Gasteiger partial charge in [0.15, 0.2) is 0 Å². The maximum atomic E-state index is 11.8. The van der Waals surface area contributed by atoms with Crippen molar-refractivity contribution >= 4 is 37.3 Å². The summed E-state index contributed by atoms with van der Waals surface area (Å²) in [5, 5.41) is 0. The molecule has 0 bridgehead atoms. The van der Waals surface area contributed by atoms with E-state index in [1.54, 1.807) is 12.1 Å². The highest BCUT2D eigenvalue weighted by molar-refractivity contribution is 9.11. The van der Waals surface area contributed by atoms with Gasteiger partial charge in [-0.2, -0.15) is 0 Å².